The van der Waals surface area contributed by atoms with E-state index in [4.69, 9.17) is 10.5 Å². The molecule has 4 nitrogen and oxygen atoms in total. The van der Waals surface area contributed by atoms with Gasteiger partial charge in [0.25, 0.3) is 12.3 Å². The number of hydrogen-bond donors (Lipinski definition) is 1. The van der Waals surface area contributed by atoms with Gasteiger partial charge in [0.05, 0.1) is 12.7 Å². The summed E-state index contributed by atoms with van der Waals surface area (Å²) in [5.41, 5.74) is 3.95. The average molecular weight is 281 g/mol. The SMILES string of the molecule is COc1cc(Br)c(C(N)=O)c(C(F)F)n1. The molecule has 0 bridgehead atoms. The van der Waals surface area contributed by atoms with Crippen molar-refractivity contribution in [2.24, 2.45) is 5.73 Å². The van der Waals surface area contributed by atoms with Crippen LogP contribution >= 0.6 is 15.9 Å². The highest BCUT2D eigenvalue weighted by molar-refractivity contribution is 9.10. The topological polar surface area (TPSA) is 65.2 Å². The fourth-order valence-electron chi connectivity index (χ4n) is 1.02. The quantitative estimate of drug-likeness (QED) is 0.920. The first-order valence-electron chi connectivity index (χ1n) is 3.79. The molecule has 0 unspecified atom stereocenters. The second-order valence-electron chi connectivity index (χ2n) is 2.57. The van der Waals surface area contributed by atoms with Gasteiger partial charge >= 0.3 is 0 Å². The molecule has 1 heterocycles. The van der Waals surface area contributed by atoms with E-state index in [1.807, 2.05) is 0 Å². The number of primary amides is 1. The van der Waals surface area contributed by atoms with E-state index >= 15 is 0 Å². The standard InChI is InChI=1S/C8H7BrF2N2O2/c1-15-4-2-3(9)5(8(12)14)6(13-4)7(10)11/h2,7H,1H3,(H2,12,14). The predicted octanol–water partition coefficient (Wildman–Crippen LogP) is 1.89. The zero-order chi connectivity index (χ0) is 11.6. The third-order valence-corrected chi connectivity index (χ3v) is 2.26. The average Bonchev–Trinajstić information content (AvgIpc) is 2.15. The number of pyridine rings is 1. The van der Waals surface area contributed by atoms with Gasteiger partial charge in [-0.25, -0.2) is 13.8 Å². The summed E-state index contributed by atoms with van der Waals surface area (Å²) in [7, 11) is 1.29. The molecule has 0 fully saturated rings. The van der Waals surface area contributed by atoms with Gasteiger partial charge in [-0.05, 0) is 15.9 Å². The van der Waals surface area contributed by atoms with Gasteiger partial charge in [0.2, 0.25) is 5.88 Å². The Morgan fingerprint density at radius 2 is 2.27 bits per heavy atom. The number of carbonyl (C=O) groups excluding carboxylic acids is 1. The lowest BCUT2D eigenvalue weighted by Crippen LogP contribution is -2.16. The summed E-state index contributed by atoms with van der Waals surface area (Å²) in [6.45, 7) is 0. The number of nitrogens with zero attached hydrogens (tertiary/aromatic N) is 1. The first-order chi connectivity index (χ1) is 6.97. The largest absolute Gasteiger partial charge is 0.481 e. The van der Waals surface area contributed by atoms with E-state index < -0.39 is 18.0 Å². The van der Waals surface area contributed by atoms with Crippen LogP contribution in [0.1, 0.15) is 22.5 Å². The van der Waals surface area contributed by atoms with E-state index in [0.29, 0.717) is 0 Å². The van der Waals surface area contributed by atoms with E-state index in [9.17, 15) is 13.6 Å². The van der Waals surface area contributed by atoms with Crippen LogP contribution in [-0.4, -0.2) is 18.0 Å². The first kappa shape index (κ1) is 11.8. The minimum absolute atomic E-state index is 0.0119. The van der Waals surface area contributed by atoms with Gasteiger partial charge in [0, 0.05) is 10.5 Å². The molecule has 7 heteroatoms. The van der Waals surface area contributed by atoms with Crippen molar-refractivity contribution in [2.45, 2.75) is 6.43 Å². The summed E-state index contributed by atoms with van der Waals surface area (Å²) >= 11 is 2.95. The van der Waals surface area contributed by atoms with Gasteiger partial charge < -0.3 is 10.5 Å². The number of halogens is 3. The highest BCUT2D eigenvalue weighted by Gasteiger charge is 2.22. The maximum Gasteiger partial charge on any atom is 0.281 e. The lowest BCUT2D eigenvalue weighted by atomic mass is 10.2. The van der Waals surface area contributed by atoms with Crippen molar-refractivity contribution in [3.8, 4) is 5.88 Å². The number of rotatable bonds is 3. The van der Waals surface area contributed by atoms with Gasteiger partial charge in [-0.3, -0.25) is 4.79 Å². The number of nitrogens with two attached hydrogens (primary N) is 1. The first-order valence-corrected chi connectivity index (χ1v) is 4.59. The van der Waals surface area contributed by atoms with Crippen LogP contribution in [0.3, 0.4) is 0 Å². The molecular formula is C8H7BrF2N2O2. The summed E-state index contributed by atoms with van der Waals surface area (Å²) in [6.07, 6.45) is -2.89. The second-order valence-corrected chi connectivity index (χ2v) is 3.43. The van der Waals surface area contributed by atoms with Crippen LogP contribution in [0.5, 0.6) is 5.88 Å². The molecule has 0 saturated carbocycles. The molecule has 0 spiro atoms. The Hall–Kier alpha value is -1.24. The number of ether oxygens (including phenoxy) is 1. The Balaban J connectivity index is 3.42. The number of amides is 1. The number of alkyl halides is 2. The van der Waals surface area contributed by atoms with Crippen molar-refractivity contribution in [3.05, 3.63) is 21.8 Å². The molecule has 1 aromatic heterocycles. The predicted molar refractivity (Wildman–Crippen MR) is 52.0 cm³/mol. The molecule has 82 valence electrons. The van der Waals surface area contributed by atoms with Crippen molar-refractivity contribution in [3.63, 3.8) is 0 Å². The Morgan fingerprint density at radius 1 is 1.67 bits per heavy atom. The lowest BCUT2D eigenvalue weighted by molar-refractivity contribution is 0.0981. The third kappa shape index (κ3) is 2.41. The van der Waals surface area contributed by atoms with E-state index in [1.165, 1.54) is 13.2 Å². The smallest absolute Gasteiger partial charge is 0.281 e. The normalized spacial score (nSPS) is 10.5. The molecule has 0 radical (unpaired) electrons. The molecule has 0 aromatic carbocycles. The van der Waals surface area contributed by atoms with Crippen molar-refractivity contribution >= 4 is 21.8 Å². The minimum atomic E-state index is -2.89. The summed E-state index contributed by atoms with van der Waals surface area (Å²) < 4.78 is 29.9. The van der Waals surface area contributed by atoms with Crippen LogP contribution in [0.4, 0.5) is 8.78 Å². The molecule has 0 aliphatic rings. The van der Waals surface area contributed by atoms with Crippen LogP contribution in [0.15, 0.2) is 10.5 Å². The number of hydrogen-bond acceptors (Lipinski definition) is 3. The Labute approximate surface area is 92.6 Å². The second kappa shape index (κ2) is 4.52. The lowest BCUT2D eigenvalue weighted by Gasteiger charge is -2.09. The van der Waals surface area contributed by atoms with Crippen LogP contribution in [-0.2, 0) is 0 Å². The minimum Gasteiger partial charge on any atom is -0.481 e. The van der Waals surface area contributed by atoms with E-state index in [0.717, 1.165) is 0 Å². The summed E-state index contributed by atoms with van der Waals surface area (Å²) in [5, 5.41) is 0. The Kier molecular flexibility index (Phi) is 3.57. The molecule has 1 rings (SSSR count). The van der Waals surface area contributed by atoms with Crippen molar-refractivity contribution in [1.29, 1.82) is 0 Å². The summed E-state index contributed by atoms with van der Waals surface area (Å²) in [6, 6.07) is 1.30. The number of methoxy groups -OCH3 is 1. The van der Waals surface area contributed by atoms with Crippen LogP contribution in [0, 0.1) is 0 Å². The molecule has 1 amide bonds. The Morgan fingerprint density at radius 3 is 2.67 bits per heavy atom. The molecular weight excluding hydrogens is 274 g/mol. The number of aromatic nitrogens is 1. The van der Waals surface area contributed by atoms with E-state index in [2.05, 4.69) is 20.9 Å². The van der Waals surface area contributed by atoms with Gasteiger partial charge in [-0.15, -0.1) is 0 Å². The van der Waals surface area contributed by atoms with E-state index in [1.54, 1.807) is 0 Å². The highest BCUT2D eigenvalue weighted by atomic mass is 79.9. The molecule has 0 aliphatic heterocycles. The van der Waals surface area contributed by atoms with Crippen molar-refractivity contribution in [2.75, 3.05) is 7.11 Å². The molecule has 1 aromatic rings. The molecule has 0 saturated heterocycles. The fraction of sp³-hybridized carbons (Fsp3) is 0.250. The maximum absolute atomic E-state index is 12.5. The zero-order valence-corrected chi connectivity index (χ0v) is 9.22. The van der Waals surface area contributed by atoms with Crippen molar-refractivity contribution < 1.29 is 18.3 Å². The van der Waals surface area contributed by atoms with Gasteiger partial charge in [0.15, 0.2) is 0 Å². The molecule has 2 N–H and O–H groups in total. The highest BCUT2D eigenvalue weighted by Crippen LogP contribution is 2.29. The zero-order valence-electron chi connectivity index (χ0n) is 7.63. The molecule has 0 aliphatic carbocycles. The van der Waals surface area contributed by atoms with Gasteiger partial charge in [0.1, 0.15) is 5.69 Å². The van der Waals surface area contributed by atoms with Crippen LogP contribution in [0.25, 0.3) is 0 Å². The Bertz CT molecular complexity index is 398. The summed E-state index contributed by atoms with van der Waals surface area (Å²) in [5.74, 6) is -0.977. The molecule has 15 heavy (non-hydrogen) atoms. The third-order valence-electron chi connectivity index (χ3n) is 1.64. The summed E-state index contributed by atoms with van der Waals surface area (Å²) in [4.78, 5) is 14.4. The monoisotopic (exact) mass is 280 g/mol. The molecule has 0 atom stereocenters. The fourth-order valence-corrected chi connectivity index (χ4v) is 1.61. The number of carbonyl (C=O) groups is 1. The van der Waals surface area contributed by atoms with Crippen LogP contribution < -0.4 is 10.5 Å². The maximum atomic E-state index is 12.5. The van der Waals surface area contributed by atoms with E-state index in [-0.39, 0.29) is 15.9 Å². The van der Waals surface area contributed by atoms with Crippen molar-refractivity contribution in [1.82, 2.24) is 4.98 Å². The van der Waals surface area contributed by atoms with Gasteiger partial charge in [-0.1, -0.05) is 0 Å². The van der Waals surface area contributed by atoms with Crippen LogP contribution in [0.2, 0.25) is 0 Å². The van der Waals surface area contributed by atoms with Gasteiger partial charge in [-0.2, -0.15) is 0 Å².